The van der Waals surface area contributed by atoms with Crippen LogP contribution >= 0.6 is 11.8 Å². The molecule has 0 radical (unpaired) electrons. The number of phenolic OH excluding ortho intramolecular Hbond substituents is 1. The lowest BCUT2D eigenvalue weighted by Crippen LogP contribution is -2.70. The summed E-state index contributed by atoms with van der Waals surface area (Å²) in [6.45, 7) is 10.4. The Labute approximate surface area is 357 Å². The summed E-state index contributed by atoms with van der Waals surface area (Å²) in [5.41, 5.74) is 3.18. The summed E-state index contributed by atoms with van der Waals surface area (Å²) in [7, 11) is 4.92. The number of benzene rings is 3. The largest absolute Gasteiger partial charge is 0.514 e. The van der Waals surface area contributed by atoms with E-state index in [4.69, 9.17) is 37.9 Å². The van der Waals surface area contributed by atoms with E-state index in [1.807, 2.05) is 31.9 Å². The van der Waals surface area contributed by atoms with Gasteiger partial charge in [0.2, 0.25) is 6.79 Å². The minimum atomic E-state index is -1.41. The molecule has 0 aromatic heterocycles. The number of likely N-dealkylation sites (N-methyl/N-ethyl adjacent to an activating group) is 1. The van der Waals surface area contributed by atoms with Gasteiger partial charge in [0, 0.05) is 47.5 Å². The second-order valence-electron chi connectivity index (χ2n) is 17.5. The van der Waals surface area contributed by atoms with E-state index in [2.05, 4.69) is 10.2 Å². The number of hydrogen-bond acceptors (Lipinski definition) is 17. The maximum Gasteiger partial charge on any atom is 0.514 e. The van der Waals surface area contributed by atoms with Crippen LogP contribution < -0.4 is 33.7 Å². The van der Waals surface area contributed by atoms with E-state index in [0.717, 1.165) is 16.7 Å². The van der Waals surface area contributed by atoms with Gasteiger partial charge in [-0.1, -0.05) is 6.07 Å². The Morgan fingerprint density at radius 2 is 1.72 bits per heavy atom. The van der Waals surface area contributed by atoms with Gasteiger partial charge in [-0.2, -0.15) is 0 Å². The summed E-state index contributed by atoms with van der Waals surface area (Å²) in [6, 6.07) is 2.76. The molecule has 2 saturated heterocycles. The average Bonchev–Trinajstić information content (AvgIpc) is 3.69. The molecular weight excluding hydrogens is 811 g/mol. The van der Waals surface area contributed by atoms with Crippen LogP contribution in [0.2, 0.25) is 0 Å². The van der Waals surface area contributed by atoms with E-state index >= 15 is 0 Å². The molecular formula is C44H51N3O13S. The van der Waals surface area contributed by atoms with Crippen LogP contribution in [0.1, 0.15) is 89.5 Å². The first-order valence-electron chi connectivity index (χ1n) is 20.4. The fourth-order valence-electron chi connectivity index (χ4n) is 10.4. The van der Waals surface area contributed by atoms with Crippen LogP contribution in [-0.2, 0) is 37.4 Å². The number of carbonyl (C=O) groups excluding carboxylic acids is 3. The molecule has 10 rings (SSSR count). The summed E-state index contributed by atoms with van der Waals surface area (Å²) in [5.74, 6) is 0.861. The van der Waals surface area contributed by atoms with Crippen molar-refractivity contribution in [1.82, 2.24) is 15.1 Å². The van der Waals surface area contributed by atoms with Crippen molar-refractivity contribution in [3.05, 3.63) is 62.7 Å². The molecule has 4 bridgehead atoms. The summed E-state index contributed by atoms with van der Waals surface area (Å²) in [4.78, 5) is 45.6. The van der Waals surface area contributed by atoms with Crippen LogP contribution in [0.25, 0.3) is 0 Å². The van der Waals surface area contributed by atoms with Crippen LogP contribution in [-0.4, -0.2) is 109 Å². The first-order chi connectivity index (χ1) is 29.0. The number of aliphatic hydroxyl groups is 1. The number of phenols is 1. The standard InChI is InChI=1S/C44H51N3O13S/c1-19-12-23-13-25-40(50)47-26-16-55-41(51)44(24-15-28(53-8)27(49)14-22(24)10-11-45-44)17-61-39(31-30(26)37-36(56-18-57-37)20(2)35(31)58-21(3)48)33(47)32(46(25)7)29(23)38(34(19)54-9)59-42(52)60-43(4,5)6/h12,14-15,25-26,32-33,39-40,45,49-50H,10-11,13,16-18H2,1-9H3/t25-,26+,32+,33?,39+,40-,44+/m0/s1. The lowest BCUT2D eigenvalue weighted by Gasteiger charge is -2.62. The number of fused-ring (bicyclic) bond motifs is 9. The Morgan fingerprint density at radius 3 is 2.43 bits per heavy atom. The number of nitrogens with one attached hydrogen (secondary N) is 1. The Balaban J connectivity index is 1.31. The summed E-state index contributed by atoms with van der Waals surface area (Å²) < 4.78 is 48.3. The van der Waals surface area contributed by atoms with Gasteiger partial charge < -0.3 is 48.1 Å². The molecule has 17 heteroatoms. The van der Waals surface area contributed by atoms with Crippen molar-refractivity contribution in [2.45, 2.75) is 101 Å². The van der Waals surface area contributed by atoms with Gasteiger partial charge in [0.15, 0.2) is 40.0 Å². The number of ether oxygens (including phenoxy) is 8. The highest BCUT2D eigenvalue weighted by Crippen LogP contribution is 2.64. The summed E-state index contributed by atoms with van der Waals surface area (Å²) in [5, 5.41) is 26.4. The van der Waals surface area contributed by atoms with E-state index in [9.17, 15) is 24.6 Å². The highest BCUT2D eigenvalue weighted by molar-refractivity contribution is 7.99. The lowest BCUT2D eigenvalue weighted by molar-refractivity contribution is -0.186. The van der Waals surface area contributed by atoms with Crippen molar-refractivity contribution < 1.29 is 62.5 Å². The number of piperazine rings is 1. The number of thioether (sulfide) groups is 1. The van der Waals surface area contributed by atoms with Crippen molar-refractivity contribution in [2.24, 2.45) is 0 Å². The van der Waals surface area contributed by atoms with Crippen LogP contribution in [0.4, 0.5) is 4.79 Å². The van der Waals surface area contributed by atoms with Crippen molar-refractivity contribution in [2.75, 3.05) is 47.0 Å². The Hall–Kier alpha value is -4.94. The molecule has 0 aliphatic carbocycles. The fraction of sp³-hybridized carbons (Fsp3) is 0.523. The van der Waals surface area contributed by atoms with Gasteiger partial charge in [0.05, 0.1) is 37.6 Å². The number of aryl methyl sites for hydroxylation is 1. The number of methoxy groups -OCH3 is 2. The van der Waals surface area contributed by atoms with Crippen molar-refractivity contribution >= 4 is 29.9 Å². The van der Waals surface area contributed by atoms with E-state index in [-0.39, 0.29) is 36.4 Å². The van der Waals surface area contributed by atoms with Gasteiger partial charge in [-0.3, -0.25) is 19.9 Å². The molecule has 3 N–H and O–H groups in total. The van der Waals surface area contributed by atoms with E-state index in [0.29, 0.717) is 70.2 Å². The second kappa shape index (κ2) is 14.9. The molecule has 7 atom stereocenters. The number of esters is 2. The molecule has 7 heterocycles. The smallest absolute Gasteiger partial charge is 0.504 e. The van der Waals surface area contributed by atoms with Gasteiger partial charge in [-0.25, -0.2) is 9.59 Å². The highest BCUT2D eigenvalue weighted by Gasteiger charge is 2.61. The molecule has 61 heavy (non-hydrogen) atoms. The number of hydrogen-bond donors (Lipinski definition) is 3. The molecule has 3 aromatic rings. The molecule has 326 valence electrons. The average molecular weight is 862 g/mol. The minimum Gasteiger partial charge on any atom is -0.504 e. The van der Waals surface area contributed by atoms with Crippen molar-refractivity contribution in [1.29, 1.82) is 0 Å². The van der Waals surface area contributed by atoms with Crippen molar-refractivity contribution in [3.63, 3.8) is 0 Å². The number of rotatable bonds is 4. The van der Waals surface area contributed by atoms with E-state index in [1.165, 1.54) is 32.9 Å². The minimum absolute atomic E-state index is 0.0415. The maximum atomic E-state index is 14.9. The zero-order valence-electron chi connectivity index (χ0n) is 35.6. The monoisotopic (exact) mass is 861 g/mol. The van der Waals surface area contributed by atoms with Gasteiger partial charge in [-0.05, 0) is 88.9 Å². The molecule has 16 nitrogen and oxygen atoms in total. The first-order valence-corrected chi connectivity index (χ1v) is 21.4. The number of aromatic hydroxyl groups is 1. The molecule has 0 saturated carbocycles. The maximum absolute atomic E-state index is 14.9. The normalized spacial score (nSPS) is 27.5. The lowest BCUT2D eigenvalue weighted by atomic mass is 9.73. The molecule has 1 unspecified atom stereocenters. The second-order valence-corrected chi connectivity index (χ2v) is 18.6. The van der Waals surface area contributed by atoms with Gasteiger partial charge in [0.25, 0.3) is 0 Å². The molecule has 7 aliphatic rings. The highest BCUT2D eigenvalue weighted by atomic mass is 32.2. The van der Waals surface area contributed by atoms with Crippen LogP contribution in [0.5, 0.6) is 40.2 Å². The van der Waals surface area contributed by atoms with Crippen LogP contribution in [0.3, 0.4) is 0 Å². The summed E-state index contributed by atoms with van der Waals surface area (Å²) in [6.07, 6.45) is -1.10. The van der Waals surface area contributed by atoms with E-state index < -0.39 is 64.9 Å². The number of carbonyl (C=O) groups is 3. The zero-order chi connectivity index (χ0) is 43.4. The Morgan fingerprint density at radius 1 is 0.967 bits per heavy atom. The predicted octanol–water partition coefficient (Wildman–Crippen LogP) is 5.02. The SMILES string of the molecule is COc1cc2c(cc1O)CCN[C@]21CS[C@@H]2c3c(OC(C)=O)c(C)c4c(c3[C@@H](COC1=O)N1C2[C@H]2c3c(cc(C)c(OC)c3OC(=O)OC(C)(C)C)C[C@@H]([C@@H]1O)N2C)OCO4. The molecule has 7 aliphatic heterocycles. The Bertz CT molecular complexity index is 2370. The van der Waals surface area contributed by atoms with Gasteiger partial charge >= 0.3 is 18.1 Å². The topological polar surface area (TPSA) is 184 Å². The van der Waals surface area contributed by atoms with Gasteiger partial charge in [0.1, 0.15) is 24.2 Å². The van der Waals surface area contributed by atoms with Crippen LogP contribution in [0.15, 0.2) is 18.2 Å². The van der Waals surface area contributed by atoms with Crippen molar-refractivity contribution in [3.8, 4) is 40.2 Å². The molecule has 1 spiro atoms. The summed E-state index contributed by atoms with van der Waals surface area (Å²) >= 11 is 1.44. The third kappa shape index (κ3) is 6.36. The number of aliphatic hydroxyl groups excluding tert-OH is 1. The molecule has 2 fully saturated rings. The van der Waals surface area contributed by atoms with Crippen LogP contribution in [0, 0.1) is 13.8 Å². The first kappa shape index (κ1) is 41.4. The molecule has 0 amide bonds. The van der Waals surface area contributed by atoms with Gasteiger partial charge in [-0.15, -0.1) is 11.8 Å². The van der Waals surface area contributed by atoms with E-state index in [1.54, 1.807) is 32.9 Å². The fourth-order valence-corrected chi connectivity index (χ4v) is 12.1. The number of nitrogens with zero attached hydrogens (tertiary/aromatic N) is 2. The zero-order valence-corrected chi connectivity index (χ0v) is 36.4. The third-order valence-electron chi connectivity index (χ3n) is 12.8. The molecule has 3 aromatic carbocycles. The third-order valence-corrected chi connectivity index (χ3v) is 14.3. The predicted molar refractivity (Wildman–Crippen MR) is 220 cm³/mol. The quantitative estimate of drug-likeness (QED) is 0.180. The Kier molecular flexibility index (Phi) is 10.1.